The van der Waals surface area contributed by atoms with Crippen molar-refractivity contribution in [2.75, 3.05) is 5.75 Å². The smallest absolute Gasteiger partial charge is 0.545 e. The van der Waals surface area contributed by atoms with Gasteiger partial charge in [0.2, 0.25) is 0 Å². The molecule has 7 nitrogen and oxygen atoms in total. The van der Waals surface area contributed by atoms with Gasteiger partial charge < -0.3 is 19.8 Å². The number of carboxylic acid groups (broad SMARTS) is 2. The van der Waals surface area contributed by atoms with E-state index in [1.54, 1.807) is 0 Å². The number of carbonyl (C=O) groups is 2. The van der Waals surface area contributed by atoms with E-state index in [9.17, 15) is 28.2 Å². The first kappa shape index (κ1) is 34.2. The topological polar surface area (TPSA) is 135 Å². The van der Waals surface area contributed by atoms with Crippen LogP contribution in [0.3, 0.4) is 0 Å². The van der Waals surface area contributed by atoms with Crippen LogP contribution in [0.5, 0.6) is 0 Å². The molecule has 29 heavy (non-hydrogen) atoms. The van der Waals surface area contributed by atoms with E-state index in [1.807, 2.05) is 0 Å². The maximum absolute atomic E-state index is 11.3. The zero-order valence-electron chi connectivity index (χ0n) is 18.2. The van der Waals surface area contributed by atoms with Gasteiger partial charge in [0.15, 0.2) is 0 Å². The van der Waals surface area contributed by atoms with Gasteiger partial charge in [-0.3, -0.25) is 4.55 Å². The summed E-state index contributed by atoms with van der Waals surface area (Å²) in [6.45, 7) is 2.18. The van der Waals surface area contributed by atoms with E-state index in [0.717, 1.165) is 25.7 Å². The molecular weight excluding hydrogens is 418 g/mol. The molecule has 0 saturated heterocycles. The molecule has 158 valence electrons. The maximum atomic E-state index is 11.3. The summed E-state index contributed by atoms with van der Waals surface area (Å²) in [4.78, 5) is 22.5. The molecule has 0 unspecified atom stereocenters. The van der Waals surface area contributed by atoms with Crippen LogP contribution in [0.2, 0.25) is 0 Å². The molecule has 0 aliphatic carbocycles. The van der Waals surface area contributed by atoms with Gasteiger partial charge in [0, 0.05) is 0 Å². The van der Waals surface area contributed by atoms with E-state index in [1.165, 1.54) is 32.1 Å². The Bertz CT molecular complexity index is 589. The quantitative estimate of drug-likeness (QED) is 0.103. The summed E-state index contributed by atoms with van der Waals surface area (Å²) < 4.78 is 30.1. The predicted octanol–water partition coefficient (Wildman–Crippen LogP) is -4.23. The first-order valence-electron chi connectivity index (χ1n) is 9.79. The van der Waals surface area contributed by atoms with Crippen LogP contribution in [0.25, 0.3) is 0 Å². The standard InChI is InChI=1S/C19H34O7S.2Na/c1-2-3-4-5-6-7-8-9-10-11-13-16(18(20)21)17(19(22)23)14-12-15-27(24,25)26;;/h2-15H2,1H3,(H,20,21)(H,22,23)(H,24,25,26);;/q;2*+1/p-2/b17-16-;;. The van der Waals surface area contributed by atoms with E-state index in [4.69, 9.17) is 4.55 Å². The third-order valence-corrected chi connectivity index (χ3v) is 5.27. The van der Waals surface area contributed by atoms with Crippen molar-refractivity contribution < 1.29 is 91.9 Å². The SMILES string of the molecule is CCCCCCCCCCCC/C(C(=O)[O-])=C(\CCCS(=O)(=O)O)C(=O)[O-].[Na+].[Na+]. The van der Waals surface area contributed by atoms with Gasteiger partial charge in [-0.25, -0.2) is 0 Å². The van der Waals surface area contributed by atoms with Gasteiger partial charge >= 0.3 is 59.1 Å². The van der Waals surface area contributed by atoms with Crippen LogP contribution in [-0.4, -0.2) is 30.7 Å². The van der Waals surface area contributed by atoms with E-state index in [2.05, 4.69) is 6.92 Å². The molecule has 0 bridgehead atoms. The molecule has 0 atom stereocenters. The number of carboxylic acids is 2. The number of rotatable bonds is 17. The summed E-state index contributed by atoms with van der Waals surface area (Å²) in [6, 6.07) is 0. The monoisotopic (exact) mass is 450 g/mol. The largest absolute Gasteiger partial charge is 1.00 e. The van der Waals surface area contributed by atoms with Crippen LogP contribution in [0.15, 0.2) is 11.1 Å². The normalized spacial score (nSPS) is 11.8. The van der Waals surface area contributed by atoms with Gasteiger partial charge in [0.05, 0.1) is 17.7 Å². The van der Waals surface area contributed by atoms with E-state index < -0.39 is 33.4 Å². The van der Waals surface area contributed by atoms with Crippen LogP contribution < -0.4 is 69.3 Å². The van der Waals surface area contributed by atoms with Crippen molar-refractivity contribution >= 4 is 22.1 Å². The number of carbonyl (C=O) groups excluding carboxylic acids is 2. The summed E-state index contributed by atoms with van der Waals surface area (Å²) in [5.74, 6) is -3.85. The Balaban J connectivity index is -0.00000338. The summed E-state index contributed by atoms with van der Waals surface area (Å²) in [5.41, 5.74) is -0.792. The second-order valence-electron chi connectivity index (χ2n) is 6.85. The average molecular weight is 451 g/mol. The van der Waals surface area contributed by atoms with Crippen LogP contribution in [0.1, 0.15) is 90.4 Å². The van der Waals surface area contributed by atoms with Crippen molar-refractivity contribution in [3.8, 4) is 0 Å². The van der Waals surface area contributed by atoms with Gasteiger partial charge in [0.25, 0.3) is 10.1 Å². The van der Waals surface area contributed by atoms with Crippen molar-refractivity contribution in [1.82, 2.24) is 0 Å². The van der Waals surface area contributed by atoms with Gasteiger partial charge in [0.1, 0.15) is 0 Å². The molecule has 0 aromatic carbocycles. The Morgan fingerprint density at radius 1 is 0.690 bits per heavy atom. The maximum Gasteiger partial charge on any atom is 1.00 e. The summed E-state index contributed by atoms with van der Waals surface area (Å²) in [5, 5.41) is 22.5. The first-order chi connectivity index (χ1) is 12.7. The van der Waals surface area contributed by atoms with Crippen LogP contribution >= 0.6 is 0 Å². The first-order valence-corrected chi connectivity index (χ1v) is 11.4. The number of hydrogen-bond acceptors (Lipinski definition) is 6. The van der Waals surface area contributed by atoms with Crippen molar-refractivity contribution in [3.05, 3.63) is 11.1 Å². The minimum Gasteiger partial charge on any atom is -0.545 e. The summed E-state index contributed by atoms with van der Waals surface area (Å²) in [6.07, 6.45) is 10.2. The summed E-state index contributed by atoms with van der Waals surface area (Å²) in [7, 11) is -4.23. The molecule has 0 rings (SSSR count). The van der Waals surface area contributed by atoms with Gasteiger partial charge in [-0.15, -0.1) is 0 Å². The third-order valence-electron chi connectivity index (χ3n) is 4.47. The van der Waals surface area contributed by atoms with E-state index >= 15 is 0 Å². The fourth-order valence-electron chi connectivity index (χ4n) is 2.97. The zero-order valence-corrected chi connectivity index (χ0v) is 23.0. The van der Waals surface area contributed by atoms with Crippen molar-refractivity contribution in [1.29, 1.82) is 0 Å². The van der Waals surface area contributed by atoms with Crippen molar-refractivity contribution in [2.24, 2.45) is 0 Å². The molecule has 0 aromatic heterocycles. The Labute approximate surface area is 219 Å². The molecule has 0 aliphatic rings. The van der Waals surface area contributed by atoms with Gasteiger partial charge in [-0.05, 0) is 36.8 Å². The Morgan fingerprint density at radius 2 is 1.03 bits per heavy atom. The molecule has 10 heteroatoms. The fourth-order valence-corrected chi connectivity index (χ4v) is 3.48. The fraction of sp³-hybridized carbons (Fsp3) is 0.789. The van der Waals surface area contributed by atoms with Crippen LogP contribution in [0, 0.1) is 0 Å². The van der Waals surface area contributed by atoms with Gasteiger partial charge in [-0.2, -0.15) is 8.42 Å². The van der Waals surface area contributed by atoms with Crippen molar-refractivity contribution in [3.63, 3.8) is 0 Å². The van der Waals surface area contributed by atoms with Crippen LogP contribution in [0.4, 0.5) is 0 Å². The molecule has 0 aliphatic heterocycles. The van der Waals surface area contributed by atoms with E-state index in [0.29, 0.717) is 6.42 Å². The molecular formula is C19H32Na2O7S. The Kier molecular flexibility index (Phi) is 24.2. The molecule has 0 fully saturated rings. The number of unbranched alkanes of at least 4 members (excludes halogenated alkanes) is 9. The molecule has 1 N–H and O–H groups in total. The Hall–Kier alpha value is 0.590. The number of aliphatic carboxylic acids is 2. The minimum atomic E-state index is -4.23. The molecule has 0 saturated carbocycles. The Morgan fingerprint density at radius 3 is 1.38 bits per heavy atom. The van der Waals surface area contributed by atoms with E-state index in [-0.39, 0.29) is 84.0 Å². The van der Waals surface area contributed by atoms with Crippen molar-refractivity contribution in [2.45, 2.75) is 90.4 Å². The van der Waals surface area contributed by atoms with Crippen LogP contribution in [-0.2, 0) is 19.7 Å². The second kappa shape index (κ2) is 20.5. The number of hydrogen-bond donors (Lipinski definition) is 1. The molecule has 0 spiro atoms. The molecule has 0 radical (unpaired) electrons. The minimum absolute atomic E-state index is 0. The molecule has 0 heterocycles. The zero-order chi connectivity index (χ0) is 20.7. The average Bonchev–Trinajstić information content (AvgIpc) is 2.56. The molecule has 0 amide bonds. The third kappa shape index (κ3) is 20.3. The molecule has 0 aromatic rings. The summed E-state index contributed by atoms with van der Waals surface area (Å²) >= 11 is 0. The predicted molar refractivity (Wildman–Crippen MR) is 99.2 cm³/mol. The second-order valence-corrected chi connectivity index (χ2v) is 8.43. The van der Waals surface area contributed by atoms with Gasteiger partial charge in [-0.1, -0.05) is 64.7 Å².